The highest BCUT2D eigenvalue weighted by Crippen LogP contribution is 2.15. The van der Waals surface area contributed by atoms with Crippen LogP contribution in [0, 0.1) is 0 Å². The van der Waals surface area contributed by atoms with Crippen LogP contribution in [-0.4, -0.2) is 47.3 Å². The Morgan fingerprint density at radius 2 is 1.80 bits per heavy atom. The Bertz CT molecular complexity index is 363. The van der Waals surface area contributed by atoms with Crippen LogP contribution < -0.4 is 10.1 Å². The molecule has 0 aromatic carbocycles. The number of aromatic nitrogens is 1. The molecule has 8 heteroatoms. The normalized spacial score (nSPS) is 13.8. The molecule has 1 aromatic rings. The van der Waals surface area contributed by atoms with E-state index < -0.39 is 0 Å². The molecule has 1 aromatic heterocycles. The summed E-state index contributed by atoms with van der Waals surface area (Å²) < 4.78 is 5.70. The lowest BCUT2D eigenvalue weighted by Crippen LogP contribution is -2.34. The first-order valence-electron chi connectivity index (χ1n) is 5.82. The quantitative estimate of drug-likeness (QED) is 0.706. The molecule has 0 atom stereocenters. The molecular formula is C12H17ClN2O5. The molecule has 20 heavy (non-hydrogen) atoms. The van der Waals surface area contributed by atoms with Crippen molar-refractivity contribution in [1.82, 2.24) is 10.3 Å². The molecule has 1 aliphatic rings. The number of rotatable bonds is 2. The molecule has 1 saturated heterocycles. The highest BCUT2D eigenvalue weighted by Gasteiger charge is 2.14. The van der Waals surface area contributed by atoms with Crippen LogP contribution in [0.5, 0.6) is 5.88 Å². The number of carbonyl (C=O) groups is 2. The second-order valence-electron chi connectivity index (χ2n) is 3.59. The molecule has 0 aliphatic carbocycles. The third-order valence-corrected chi connectivity index (χ3v) is 2.50. The molecule has 0 amide bonds. The fraction of sp³-hybridized carbons (Fsp3) is 0.417. The number of carboxylic acid groups (broad SMARTS) is 2. The second-order valence-corrected chi connectivity index (χ2v) is 4.03. The van der Waals surface area contributed by atoms with Crippen molar-refractivity contribution in [3.63, 3.8) is 0 Å². The van der Waals surface area contributed by atoms with E-state index in [0.29, 0.717) is 17.0 Å². The van der Waals surface area contributed by atoms with Crippen molar-refractivity contribution in [2.75, 3.05) is 13.1 Å². The van der Waals surface area contributed by atoms with Gasteiger partial charge in [-0.25, -0.2) is 4.98 Å². The largest absolute Gasteiger partial charge is 0.483 e. The predicted molar refractivity (Wildman–Crippen MR) is 73.2 cm³/mol. The van der Waals surface area contributed by atoms with E-state index in [2.05, 4.69) is 10.3 Å². The molecule has 2 rings (SSSR count). The van der Waals surface area contributed by atoms with E-state index in [1.165, 1.54) is 0 Å². The van der Waals surface area contributed by atoms with E-state index in [0.717, 1.165) is 25.9 Å². The Morgan fingerprint density at radius 1 is 1.25 bits per heavy atom. The van der Waals surface area contributed by atoms with Crippen molar-refractivity contribution in [2.24, 2.45) is 0 Å². The zero-order chi connectivity index (χ0) is 15.2. The Balaban J connectivity index is 0.000000520. The number of hydrogen-bond acceptors (Lipinski definition) is 5. The van der Waals surface area contributed by atoms with E-state index in [4.69, 9.17) is 36.1 Å². The molecule has 1 aliphatic heterocycles. The number of nitrogens with zero attached hydrogens (tertiary/aromatic N) is 1. The monoisotopic (exact) mass is 304 g/mol. The lowest BCUT2D eigenvalue weighted by molar-refractivity contribution is -0.123. The Morgan fingerprint density at radius 3 is 2.25 bits per heavy atom. The van der Waals surface area contributed by atoms with Gasteiger partial charge in [0, 0.05) is 12.3 Å². The Kier molecular flexibility index (Phi) is 11.1. The van der Waals surface area contributed by atoms with Crippen LogP contribution >= 0.6 is 11.6 Å². The van der Waals surface area contributed by atoms with E-state index >= 15 is 0 Å². The minimum Gasteiger partial charge on any atom is -0.483 e. The van der Waals surface area contributed by atoms with E-state index in [1.54, 1.807) is 12.3 Å². The van der Waals surface area contributed by atoms with Gasteiger partial charge in [0.2, 0.25) is 5.88 Å². The van der Waals surface area contributed by atoms with Crippen LogP contribution in [0.1, 0.15) is 12.8 Å². The fourth-order valence-electron chi connectivity index (χ4n) is 1.52. The summed E-state index contributed by atoms with van der Waals surface area (Å²) in [5, 5.41) is 17.7. The molecule has 0 spiro atoms. The van der Waals surface area contributed by atoms with Crippen LogP contribution in [0.2, 0.25) is 5.02 Å². The number of halogens is 1. The molecule has 112 valence electrons. The van der Waals surface area contributed by atoms with Crippen molar-refractivity contribution >= 4 is 24.5 Å². The van der Waals surface area contributed by atoms with Crippen LogP contribution in [0.3, 0.4) is 0 Å². The maximum absolute atomic E-state index is 8.36. The minimum atomic E-state index is -0.250. The van der Waals surface area contributed by atoms with Crippen molar-refractivity contribution in [3.8, 4) is 5.88 Å². The summed E-state index contributed by atoms with van der Waals surface area (Å²) in [6.07, 6.45) is 4.00. The third kappa shape index (κ3) is 9.12. The Hall–Kier alpha value is -1.86. The van der Waals surface area contributed by atoms with Crippen molar-refractivity contribution in [1.29, 1.82) is 0 Å². The van der Waals surface area contributed by atoms with Crippen molar-refractivity contribution in [3.05, 3.63) is 23.4 Å². The lowest BCUT2D eigenvalue weighted by Gasteiger charge is -2.23. The van der Waals surface area contributed by atoms with Crippen molar-refractivity contribution in [2.45, 2.75) is 18.9 Å². The van der Waals surface area contributed by atoms with Gasteiger partial charge < -0.3 is 20.3 Å². The highest BCUT2D eigenvalue weighted by atomic mass is 35.5. The molecule has 0 radical (unpaired) electrons. The average Bonchev–Trinajstić information content (AvgIpc) is 2.44. The van der Waals surface area contributed by atoms with Crippen LogP contribution in [-0.2, 0) is 9.59 Å². The summed E-state index contributed by atoms with van der Waals surface area (Å²) in [5.74, 6) is 0.668. The highest BCUT2D eigenvalue weighted by molar-refractivity contribution is 6.30. The van der Waals surface area contributed by atoms with Crippen molar-refractivity contribution < 1.29 is 24.5 Å². The number of nitrogens with one attached hydrogen (secondary N) is 1. The summed E-state index contributed by atoms with van der Waals surface area (Å²) in [5.41, 5.74) is 0. The van der Waals surface area contributed by atoms with Gasteiger partial charge in [-0.15, -0.1) is 0 Å². The van der Waals surface area contributed by atoms with Gasteiger partial charge in [0.05, 0.1) is 5.02 Å². The maximum Gasteiger partial charge on any atom is 0.290 e. The lowest BCUT2D eigenvalue weighted by atomic mass is 10.1. The molecule has 0 bridgehead atoms. The first kappa shape index (κ1) is 18.1. The zero-order valence-electron chi connectivity index (χ0n) is 10.7. The van der Waals surface area contributed by atoms with E-state index in [-0.39, 0.29) is 12.9 Å². The summed E-state index contributed by atoms with van der Waals surface area (Å²) in [6, 6.07) is 3.61. The molecule has 3 N–H and O–H groups in total. The molecular weight excluding hydrogens is 288 g/mol. The van der Waals surface area contributed by atoms with Gasteiger partial charge >= 0.3 is 0 Å². The van der Waals surface area contributed by atoms with Crippen LogP contribution in [0.15, 0.2) is 18.3 Å². The first-order valence-corrected chi connectivity index (χ1v) is 6.20. The van der Waals surface area contributed by atoms with Gasteiger partial charge in [0.1, 0.15) is 6.10 Å². The van der Waals surface area contributed by atoms with E-state index in [9.17, 15) is 0 Å². The zero-order valence-corrected chi connectivity index (χ0v) is 11.5. The van der Waals surface area contributed by atoms with Gasteiger partial charge in [-0.05, 0) is 32.0 Å². The van der Waals surface area contributed by atoms with E-state index in [1.807, 2.05) is 6.07 Å². The smallest absolute Gasteiger partial charge is 0.290 e. The molecule has 7 nitrogen and oxygen atoms in total. The minimum absolute atomic E-state index is 0.250. The molecule has 0 saturated carbocycles. The SMILES string of the molecule is Clc1ccc(OC2CCNCC2)nc1.O=CO.O=CO. The molecule has 0 unspecified atom stereocenters. The average molecular weight is 305 g/mol. The summed E-state index contributed by atoms with van der Waals surface area (Å²) in [4.78, 5) is 20.8. The van der Waals surface area contributed by atoms with Crippen LogP contribution in [0.4, 0.5) is 0 Å². The summed E-state index contributed by atoms with van der Waals surface area (Å²) >= 11 is 5.73. The molecule has 1 fully saturated rings. The predicted octanol–water partition coefficient (Wildman–Crippen LogP) is 1.27. The number of piperidine rings is 1. The Labute approximate surface area is 121 Å². The fourth-order valence-corrected chi connectivity index (χ4v) is 1.63. The van der Waals surface area contributed by atoms with Gasteiger partial charge in [0.15, 0.2) is 0 Å². The van der Waals surface area contributed by atoms with Gasteiger partial charge in [-0.2, -0.15) is 0 Å². The van der Waals surface area contributed by atoms with Gasteiger partial charge in [0.25, 0.3) is 12.9 Å². The van der Waals surface area contributed by atoms with Gasteiger partial charge in [-0.1, -0.05) is 11.6 Å². The second kappa shape index (κ2) is 12.2. The summed E-state index contributed by atoms with van der Waals surface area (Å²) in [7, 11) is 0. The first-order chi connectivity index (χ1) is 9.67. The number of pyridine rings is 1. The topological polar surface area (TPSA) is 109 Å². The molecule has 2 heterocycles. The number of ether oxygens (including phenoxy) is 1. The number of hydrogen-bond donors (Lipinski definition) is 3. The summed E-state index contributed by atoms with van der Waals surface area (Å²) in [6.45, 7) is 1.55. The van der Waals surface area contributed by atoms with Crippen LogP contribution in [0.25, 0.3) is 0 Å². The maximum atomic E-state index is 8.36. The van der Waals surface area contributed by atoms with Gasteiger partial charge in [-0.3, -0.25) is 9.59 Å². The standard InChI is InChI=1S/C10H13ClN2O.2CH2O2/c11-8-1-2-10(13-7-8)14-9-3-5-12-6-4-9;2*2-1-3/h1-2,7,9,12H,3-6H2;2*1H,(H,2,3). The third-order valence-electron chi connectivity index (χ3n) is 2.27.